The number of aromatic nitrogens is 1. The Morgan fingerprint density at radius 1 is 1.44 bits per heavy atom. The zero-order valence-electron chi connectivity index (χ0n) is 9.36. The molecule has 0 aliphatic carbocycles. The van der Waals surface area contributed by atoms with Crippen LogP contribution in [0, 0.1) is 12.3 Å². The van der Waals surface area contributed by atoms with Gasteiger partial charge in [-0.1, -0.05) is 0 Å². The lowest BCUT2D eigenvalue weighted by molar-refractivity contribution is 0.835. The lowest BCUT2D eigenvalue weighted by Gasteiger charge is -2.28. The van der Waals surface area contributed by atoms with E-state index >= 15 is 0 Å². The Bertz CT molecular complexity index is 399. The first-order valence-corrected chi connectivity index (χ1v) is 6.48. The number of hydrogen-bond donors (Lipinski definition) is 2. The number of nitrogen functional groups attached to an aromatic ring is 1. The Hall–Kier alpha value is -1.23. The summed E-state index contributed by atoms with van der Waals surface area (Å²) in [6.07, 6.45) is 0. The Morgan fingerprint density at radius 2 is 2.12 bits per heavy atom. The third kappa shape index (κ3) is 2.47. The average Bonchev–Trinajstić information content (AvgIpc) is 2.29. The average molecular weight is 236 g/mol. The first kappa shape index (κ1) is 11.3. The van der Waals surface area contributed by atoms with Crippen molar-refractivity contribution >= 4 is 23.4 Å². The lowest BCUT2D eigenvalue weighted by atomic mass is 10.2. The van der Waals surface area contributed by atoms with Crippen molar-refractivity contribution in [2.24, 2.45) is 5.73 Å². The Labute approximate surface area is 99.7 Å². The highest BCUT2D eigenvalue weighted by Crippen LogP contribution is 2.19. The molecule has 2 heterocycles. The van der Waals surface area contributed by atoms with Crippen LogP contribution in [0.25, 0.3) is 0 Å². The van der Waals surface area contributed by atoms with Crippen molar-refractivity contribution in [3.8, 4) is 0 Å². The van der Waals surface area contributed by atoms with Gasteiger partial charge in [-0.25, -0.2) is 4.98 Å². The second-order valence-corrected chi connectivity index (χ2v) is 5.09. The molecule has 0 bridgehead atoms. The van der Waals surface area contributed by atoms with Gasteiger partial charge in [-0.3, -0.25) is 5.41 Å². The molecule has 1 aliphatic rings. The van der Waals surface area contributed by atoms with Crippen LogP contribution >= 0.6 is 11.8 Å². The van der Waals surface area contributed by atoms with E-state index in [4.69, 9.17) is 11.1 Å². The van der Waals surface area contributed by atoms with Crippen LogP contribution < -0.4 is 10.6 Å². The molecule has 2 rings (SSSR count). The summed E-state index contributed by atoms with van der Waals surface area (Å²) < 4.78 is 0. The van der Waals surface area contributed by atoms with E-state index < -0.39 is 0 Å². The Balaban J connectivity index is 2.28. The summed E-state index contributed by atoms with van der Waals surface area (Å²) in [7, 11) is 0. The van der Waals surface area contributed by atoms with Crippen molar-refractivity contribution < 1.29 is 0 Å². The monoisotopic (exact) mass is 236 g/mol. The maximum absolute atomic E-state index is 7.47. The van der Waals surface area contributed by atoms with E-state index in [1.54, 1.807) is 0 Å². The summed E-state index contributed by atoms with van der Waals surface area (Å²) in [6, 6.07) is 3.76. The van der Waals surface area contributed by atoms with E-state index in [0.29, 0.717) is 0 Å². The van der Waals surface area contributed by atoms with E-state index in [1.165, 1.54) is 0 Å². The molecule has 0 radical (unpaired) electrons. The minimum absolute atomic E-state index is 0.109. The number of nitrogens with one attached hydrogen (secondary N) is 1. The maximum atomic E-state index is 7.47. The Kier molecular flexibility index (Phi) is 3.33. The van der Waals surface area contributed by atoms with Crippen molar-refractivity contribution in [2.75, 3.05) is 29.5 Å². The second-order valence-electron chi connectivity index (χ2n) is 3.87. The number of anilines is 1. The fourth-order valence-corrected chi connectivity index (χ4v) is 2.66. The maximum Gasteiger partial charge on any atom is 0.129 e. The molecule has 0 aromatic carbocycles. The molecule has 1 aliphatic heterocycles. The number of amidine groups is 1. The molecule has 0 amide bonds. The molecule has 16 heavy (non-hydrogen) atoms. The van der Waals surface area contributed by atoms with Crippen LogP contribution in [0.3, 0.4) is 0 Å². The molecule has 0 atom stereocenters. The SMILES string of the molecule is Cc1cc(C(=N)N)cc(N2CCSCC2)n1. The predicted molar refractivity (Wildman–Crippen MR) is 69.5 cm³/mol. The third-order valence-corrected chi connectivity index (χ3v) is 3.53. The summed E-state index contributed by atoms with van der Waals surface area (Å²) in [5, 5.41) is 7.47. The first-order valence-electron chi connectivity index (χ1n) is 5.32. The van der Waals surface area contributed by atoms with Crippen molar-refractivity contribution in [1.29, 1.82) is 5.41 Å². The van der Waals surface area contributed by atoms with Crippen LogP contribution in [-0.2, 0) is 0 Å². The molecule has 1 aromatic heterocycles. The van der Waals surface area contributed by atoms with Crippen LogP contribution in [0.15, 0.2) is 12.1 Å². The van der Waals surface area contributed by atoms with Gasteiger partial charge in [0.25, 0.3) is 0 Å². The summed E-state index contributed by atoms with van der Waals surface area (Å²) >= 11 is 1.97. The summed E-state index contributed by atoms with van der Waals surface area (Å²) in [4.78, 5) is 6.76. The summed E-state index contributed by atoms with van der Waals surface area (Å²) in [6.45, 7) is 3.99. The van der Waals surface area contributed by atoms with E-state index in [-0.39, 0.29) is 5.84 Å². The smallest absolute Gasteiger partial charge is 0.129 e. The minimum Gasteiger partial charge on any atom is -0.384 e. The normalized spacial score (nSPS) is 16.2. The van der Waals surface area contributed by atoms with E-state index in [1.807, 2.05) is 30.8 Å². The van der Waals surface area contributed by atoms with Gasteiger partial charge in [0.1, 0.15) is 11.7 Å². The molecular formula is C11H16N4S. The van der Waals surface area contributed by atoms with Crippen LogP contribution in [0.1, 0.15) is 11.3 Å². The van der Waals surface area contributed by atoms with Gasteiger partial charge in [0.15, 0.2) is 0 Å². The standard InChI is InChI=1S/C11H16N4S/c1-8-6-9(11(12)13)7-10(14-8)15-2-4-16-5-3-15/h6-7H,2-5H2,1H3,(H3,12,13). The molecule has 0 unspecified atom stereocenters. The lowest BCUT2D eigenvalue weighted by Crippen LogP contribution is -2.33. The van der Waals surface area contributed by atoms with Gasteiger partial charge in [-0.15, -0.1) is 0 Å². The number of pyridine rings is 1. The highest BCUT2D eigenvalue weighted by atomic mass is 32.2. The van der Waals surface area contributed by atoms with Crippen molar-refractivity contribution in [1.82, 2.24) is 4.98 Å². The van der Waals surface area contributed by atoms with Gasteiger partial charge in [-0.2, -0.15) is 11.8 Å². The zero-order chi connectivity index (χ0) is 11.5. The molecular weight excluding hydrogens is 220 g/mol. The molecule has 4 nitrogen and oxygen atoms in total. The van der Waals surface area contributed by atoms with Gasteiger partial charge in [0, 0.05) is 35.9 Å². The fourth-order valence-electron chi connectivity index (χ4n) is 1.76. The molecule has 1 saturated heterocycles. The van der Waals surface area contributed by atoms with E-state index in [2.05, 4.69) is 9.88 Å². The summed E-state index contributed by atoms with van der Waals surface area (Å²) in [5.41, 5.74) is 7.20. The number of nitrogens with zero attached hydrogens (tertiary/aromatic N) is 2. The molecule has 0 spiro atoms. The largest absolute Gasteiger partial charge is 0.384 e. The first-order chi connectivity index (χ1) is 7.66. The van der Waals surface area contributed by atoms with Crippen molar-refractivity contribution in [3.63, 3.8) is 0 Å². The number of aryl methyl sites for hydroxylation is 1. The second kappa shape index (κ2) is 4.74. The predicted octanol–water partition coefficient (Wildman–Crippen LogP) is 1.23. The molecule has 3 N–H and O–H groups in total. The number of hydrogen-bond acceptors (Lipinski definition) is 4. The quantitative estimate of drug-likeness (QED) is 0.598. The molecule has 0 saturated carbocycles. The van der Waals surface area contributed by atoms with Crippen LogP contribution in [-0.4, -0.2) is 35.4 Å². The zero-order valence-corrected chi connectivity index (χ0v) is 10.2. The topological polar surface area (TPSA) is 66.0 Å². The minimum atomic E-state index is 0.109. The highest BCUT2D eigenvalue weighted by molar-refractivity contribution is 7.99. The number of rotatable bonds is 2. The van der Waals surface area contributed by atoms with Crippen molar-refractivity contribution in [2.45, 2.75) is 6.92 Å². The number of thioether (sulfide) groups is 1. The highest BCUT2D eigenvalue weighted by Gasteiger charge is 2.13. The van der Waals surface area contributed by atoms with Gasteiger partial charge in [0.2, 0.25) is 0 Å². The van der Waals surface area contributed by atoms with Crippen LogP contribution in [0.4, 0.5) is 5.82 Å². The van der Waals surface area contributed by atoms with E-state index in [9.17, 15) is 0 Å². The number of nitrogens with two attached hydrogens (primary N) is 1. The van der Waals surface area contributed by atoms with Gasteiger partial charge >= 0.3 is 0 Å². The Morgan fingerprint density at radius 3 is 2.75 bits per heavy atom. The van der Waals surface area contributed by atoms with Crippen LogP contribution in [0.5, 0.6) is 0 Å². The van der Waals surface area contributed by atoms with Gasteiger partial charge < -0.3 is 10.6 Å². The fraction of sp³-hybridized carbons (Fsp3) is 0.455. The molecule has 86 valence electrons. The summed E-state index contributed by atoms with van der Waals surface area (Å²) in [5.74, 6) is 3.35. The third-order valence-electron chi connectivity index (χ3n) is 2.59. The van der Waals surface area contributed by atoms with Crippen molar-refractivity contribution in [3.05, 3.63) is 23.4 Å². The van der Waals surface area contributed by atoms with Gasteiger partial charge in [0.05, 0.1) is 0 Å². The molecule has 5 heteroatoms. The van der Waals surface area contributed by atoms with Gasteiger partial charge in [-0.05, 0) is 19.1 Å². The molecule has 1 aromatic rings. The molecule has 1 fully saturated rings. The van der Waals surface area contributed by atoms with E-state index in [0.717, 1.165) is 41.7 Å². The van der Waals surface area contributed by atoms with Crippen LogP contribution in [0.2, 0.25) is 0 Å².